The standard InChI is InChI=1S/C10H15N3O2S/c1-2-15-9(14)8-7-11-3-5-13(8)10-12-4-6-16-10/h4,6,8,11H,2-3,5,7H2,1H3. The van der Waals surface area contributed by atoms with Crippen LogP contribution in [0.1, 0.15) is 6.92 Å². The van der Waals surface area contributed by atoms with Gasteiger partial charge in [0.1, 0.15) is 6.04 Å². The number of hydrogen-bond donors (Lipinski definition) is 1. The normalized spacial score (nSPS) is 20.8. The number of nitrogens with one attached hydrogen (secondary N) is 1. The molecule has 16 heavy (non-hydrogen) atoms. The molecule has 88 valence electrons. The van der Waals surface area contributed by atoms with Gasteiger partial charge in [-0.2, -0.15) is 0 Å². The molecule has 0 aliphatic carbocycles. The highest BCUT2D eigenvalue weighted by atomic mass is 32.1. The SMILES string of the molecule is CCOC(=O)C1CNCCN1c1nccs1. The van der Waals surface area contributed by atoms with Gasteiger partial charge in [0, 0.05) is 31.2 Å². The van der Waals surface area contributed by atoms with E-state index in [0.717, 1.165) is 18.2 Å². The summed E-state index contributed by atoms with van der Waals surface area (Å²) in [5, 5.41) is 6.01. The van der Waals surface area contributed by atoms with E-state index in [0.29, 0.717) is 13.2 Å². The van der Waals surface area contributed by atoms with Crippen molar-refractivity contribution in [3.05, 3.63) is 11.6 Å². The molecule has 1 aromatic rings. The zero-order chi connectivity index (χ0) is 11.4. The molecule has 1 unspecified atom stereocenters. The summed E-state index contributed by atoms with van der Waals surface area (Å²) < 4.78 is 5.07. The zero-order valence-corrected chi connectivity index (χ0v) is 10.00. The summed E-state index contributed by atoms with van der Waals surface area (Å²) in [5.74, 6) is -0.176. The van der Waals surface area contributed by atoms with Gasteiger partial charge in [-0.25, -0.2) is 9.78 Å². The highest BCUT2D eigenvalue weighted by Gasteiger charge is 2.31. The Hall–Kier alpha value is -1.14. The lowest BCUT2D eigenvalue weighted by atomic mass is 10.2. The van der Waals surface area contributed by atoms with Crippen LogP contribution in [-0.4, -0.2) is 43.2 Å². The maximum Gasteiger partial charge on any atom is 0.330 e. The summed E-state index contributed by atoms with van der Waals surface area (Å²) in [6, 6.07) is -0.250. The Kier molecular flexibility index (Phi) is 3.74. The Morgan fingerprint density at radius 1 is 1.81 bits per heavy atom. The topological polar surface area (TPSA) is 54.5 Å². The van der Waals surface area contributed by atoms with Crippen molar-refractivity contribution in [2.24, 2.45) is 0 Å². The lowest BCUT2D eigenvalue weighted by molar-refractivity contribution is -0.144. The summed E-state index contributed by atoms with van der Waals surface area (Å²) in [4.78, 5) is 18.0. The van der Waals surface area contributed by atoms with Crippen molar-refractivity contribution in [2.45, 2.75) is 13.0 Å². The fourth-order valence-electron chi connectivity index (χ4n) is 1.74. The molecule has 1 aromatic heterocycles. The molecule has 1 fully saturated rings. The number of rotatable bonds is 3. The molecule has 1 N–H and O–H groups in total. The van der Waals surface area contributed by atoms with E-state index in [1.165, 1.54) is 0 Å². The van der Waals surface area contributed by atoms with Crippen molar-refractivity contribution < 1.29 is 9.53 Å². The molecule has 0 aromatic carbocycles. The van der Waals surface area contributed by atoms with Gasteiger partial charge in [0.05, 0.1) is 6.61 Å². The second kappa shape index (κ2) is 5.27. The Morgan fingerprint density at radius 2 is 2.69 bits per heavy atom. The minimum Gasteiger partial charge on any atom is -0.464 e. The van der Waals surface area contributed by atoms with Gasteiger partial charge in [0.15, 0.2) is 5.13 Å². The molecule has 1 saturated heterocycles. The average molecular weight is 241 g/mol. The molecule has 5 nitrogen and oxygen atoms in total. The number of esters is 1. The van der Waals surface area contributed by atoms with E-state index in [1.54, 1.807) is 17.5 Å². The third kappa shape index (κ3) is 2.33. The van der Waals surface area contributed by atoms with E-state index in [-0.39, 0.29) is 12.0 Å². The Bertz CT molecular complexity index is 342. The molecular weight excluding hydrogens is 226 g/mol. The van der Waals surface area contributed by atoms with Gasteiger partial charge < -0.3 is 15.0 Å². The monoisotopic (exact) mass is 241 g/mol. The van der Waals surface area contributed by atoms with Crippen LogP contribution in [0.15, 0.2) is 11.6 Å². The number of carbonyl (C=O) groups excluding carboxylic acids is 1. The van der Waals surface area contributed by atoms with Crippen molar-refractivity contribution in [3.63, 3.8) is 0 Å². The van der Waals surface area contributed by atoms with Crippen LogP contribution >= 0.6 is 11.3 Å². The quantitative estimate of drug-likeness (QED) is 0.780. The first-order valence-electron chi connectivity index (χ1n) is 5.36. The van der Waals surface area contributed by atoms with Crippen LogP contribution in [-0.2, 0) is 9.53 Å². The predicted molar refractivity (Wildman–Crippen MR) is 62.8 cm³/mol. The molecule has 1 aliphatic rings. The van der Waals surface area contributed by atoms with Gasteiger partial charge >= 0.3 is 5.97 Å². The molecular formula is C10H15N3O2S. The van der Waals surface area contributed by atoms with Gasteiger partial charge in [0.2, 0.25) is 0 Å². The predicted octanol–water partition coefficient (Wildman–Crippen LogP) is 0.484. The van der Waals surface area contributed by atoms with Crippen LogP contribution in [0.25, 0.3) is 0 Å². The highest BCUT2D eigenvalue weighted by Crippen LogP contribution is 2.21. The molecule has 0 amide bonds. The van der Waals surface area contributed by atoms with E-state index in [1.807, 2.05) is 17.2 Å². The number of aromatic nitrogens is 1. The zero-order valence-electron chi connectivity index (χ0n) is 9.18. The van der Waals surface area contributed by atoms with Crippen molar-refractivity contribution in [3.8, 4) is 0 Å². The first-order valence-corrected chi connectivity index (χ1v) is 6.24. The third-order valence-corrected chi connectivity index (χ3v) is 3.28. The molecule has 0 radical (unpaired) electrons. The summed E-state index contributed by atoms with van der Waals surface area (Å²) in [6.07, 6.45) is 1.75. The second-order valence-electron chi connectivity index (χ2n) is 3.48. The molecule has 2 rings (SSSR count). The molecule has 0 spiro atoms. The number of anilines is 1. The van der Waals surface area contributed by atoms with Gasteiger partial charge in [-0.3, -0.25) is 0 Å². The summed E-state index contributed by atoms with van der Waals surface area (Å²) in [6.45, 7) is 4.52. The summed E-state index contributed by atoms with van der Waals surface area (Å²) >= 11 is 1.55. The fourth-order valence-corrected chi connectivity index (χ4v) is 2.46. The number of nitrogens with zero attached hydrogens (tertiary/aromatic N) is 2. The van der Waals surface area contributed by atoms with Crippen molar-refractivity contribution in [1.29, 1.82) is 0 Å². The molecule has 6 heteroatoms. The van der Waals surface area contributed by atoms with Gasteiger partial charge in [0.25, 0.3) is 0 Å². The number of carbonyl (C=O) groups is 1. The van der Waals surface area contributed by atoms with Crippen molar-refractivity contribution in [2.75, 3.05) is 31.1 Å². The lowest BCUT2D eigenvalue weighted by Gasteiger charge is -2.34. The van der Waals surface area contributed by atoms with Gasteiger partial charge in [-0.1, -0.05) is 0 Å². The second-order valence-corrected chi connectivity index (χ2v) is 4.35. The number of piperazine rings is 1. The highest BCUT2D eigenvalue weighted by molar-refractivity contribution is 7.13. The number of hydrogen-bond acceptors (Lipinski definition) is 6. The lowest BCUT2D eigenvalue weighted by Crippen LogP contribution is -2.55. The first-order chi connectivity index (χ1) is 7.83. The molecule has 1 atom stereocenters. The fraction of sp³-hybridized carbons (Fsp3) is 0.600. The maximum absolute atomic E-state index is 11.8. The van der Waals surface area contributed by atoms with Gasteiger partial charge in [-0.15, -0.1) is 11.3 Å². The first kappa shape index (κ1) is 11.3. The van der Waals surface area contributed by atoms with Crippen LogP contribution in [0.2, 0.25) is 0 Å². The van der Waals surface area contributed by atoms with E-state index in [2.05, 4.69) is 10.3 Å². The smallest absolute Gasteiger partial charge is 0.330 e. The van der Waals surface area contributed by atoms with E-state index >= 15 is 0 Å². The van der Waals surface area contributed by atoms with Crippen LogP contribution in [0.4, 0.5) is 5.13 Å². The van der Waals surface area contributed by atoms with Crippen molar-refractivity contribution in [1.82, 2.24) is 10.3 Å². The Morgan fingerprint density at radius 3 is 3.38 bits per heavy atom. The number of thiazole rings is 1. The minimum absolute atomic E-state index is 0.176. The molecule has 2 heterocycles. The van der Waals surface area contributed by atoms with Crippen LogP contribution < -0.4 is 10.2 Å². The van der Waals surface area contributed by atoms with E-state index in [4.69, 9.17) is 4.74 Å². The van der Waals surface area contributed by atoms with Gasteiger partial charge in [-0.05, 0) is 6.92 Å². The summed E-state index contributed by atoms with van der Waals surface area (Å²) in [7, 11) is 0. The van der Waals surface area contributed by atoms with Crippen LogP contribution in [0.3, 0.4) is 0 Å². The molecule has 0 saturated carbocycles. The summed E-state index contributed by atoms with van der Waals surface area (Å²) in [5.41, 5.74) is 0. The average Bonchev–Trinajstić information content (AvgIpc) is 2.83. The Balaban J connectivity index is 2.11. The van der Waals surface area contributed by atoms with Crippen LogP contribution in [0.5, 0.6) is 0 Å². The van der Waals surface area contributed by atoms with E-state index in [9.17, 15) is 4.79 Å². The molecule has 1 aliphatic heterocycles. The third-order valence-electron chi connectivity index (χ3n) is 2.47. The Labute approximate surface area is 98.4 Å². The number of ether oxygens (including phenoxy) is 1. The van der Waals surface area contributed by atoms with Crippen LogP contribution in [0, 0.1) is 0 Å². The molecule has 0 bridgehead atoms. The van der Waals surface area contributed by atoms with E-state index < -0.39 is 0 Å². The van der Waals surface area contributed by atoms with Crippen molar-refractivity contribution >= 4 is 22.4 Å². The minimum atomic E-state index is -0.250. The largest absolute Gasteiger partial charge is 0.464 e. The maximum atomic E-state index is 11.8.